The Hall–Kier alpha value is -2.45. The standard InChI is InChI=1S/C19H19F2N3O2S/c1-10-4-5-12(8-11(10)2)14-9-13(16(20)21)15-17(22-14)24(6-7-26-3)19(27)23-18(15)25/h4-5,8-9,16H,6-7H2,1-3H3,(H,23,25,27). The summed E-state index contributed by atoms with van der Waals surface area (Å²) in [7, 11) is 1.52. The van der Waals surface area contributed by atoms with Crippen molar-refractivity contribution in [3.63, 3.8) is 0 Å². The average Bonchev–Trinajstić information content (AvgIpc) is 2.62. The highest BCUT2D eigenvalue weighted by molar-refractivity contribution is 7.71. The van der Waals surface area contributed by atoms with Crippen LogP contribution >= 0.6 is 12.2 Å². The van der Waals surface area contributed by atoms with Crippen LogP contribution in [0.3, 0.4) is 0 Å². The van der Waals surface area contributed by atoms with Crippen molar-refractivity contribution >= 4 is 23.3 Å². The maximum atomic E-state index is 13.8. The van der Waals surface area contributed by atoms with Crippen LogP contribution in [0.25, 0.3) is 22.3 Å². The Morgan fingerprint density at radius 2 is 2.00 bits per heavy atom. The van der Waals surface area contributed by atoms with Crippen LogP contribution in [0, 0.1) is 18.6 Å². The number of aromatic nitrogens is 3. The number of methoxy groups -OCH3 is 1. The number of hydrogen-bond donors (Lipinski definition) is 1. The molecular formula is C19H19F2N3O2S. The van der Waals surface area contributed by atoms with Gasteiger partial charge >= 0.3 is 0 Å². The minimum absolute atomic E-state index is 0.120. The maximum Gasteiger partial charge on any atom is 0.264 e. The lowest BCUT2D eigenvalue weighted by molar-refractivity contribution is 0.153. The number of pyridine rings is 1. The van der Waals surface area contributed by atoms with Gasteiger partial charge in [-0.15, -0.1) is 0 Å². The number of rotatable bonds is 5. The first-order valence-electron chi connectivity index (χ1n) is 8.36. The lowest BCUT2D eigenvalue weighted by Gasteiger charge is -2.14. The number of alkyl halides is 2. The van der Waals surface area contributed by atoms with E-state index < -0.39 is 12.0 Å². The van der Waals surface area contributed by atoms with E-state index in [1.165, 1.54) is 17.7 Å². The zero-order valence-corrected chi connectivity index (χ0v) is 16.0. The van der Waals surface area contributed by atoms with Gasteiger partial charge in [0.2, 0.25) is 0 Å². The van der Waals surface area contributed by atoms with E-state index in [1.54, 1.807) is 0 Å². The monoisotopic (exact) mass is 391 g/mol. The summed E-state index contributed by atoms with van der Waals surface area (Å²) in [6, 6.07) is 6.90. The molecule has 0 atom stereocenters. The second-order valence-corrected chi connectivity index (χ2v) is 6.69. The summed E-state index contributed by atoms with van der Waals surface area (Å²) < 4.78 is 34.2. The molecule has 5 nitrogen and oxygen atoms in total. The van der Waals surface area contributed by atoms with E-state index in [1.807, 2.05) is 32.0 Å². The molecule has 3 aromatic rings. The molecule has 0 amide bonds. The van der Waals surface area contributed by atoms with Gasteiger partial charge in [0.25, 0.3) is 12.0 Å². The third-order valence-electron chi connectivity index (χ3n) is 4.54. The molecule has 0 spiro atoms. The van der Waals surface area contributed by atoms with E-state index in [-0.39, 0.29) is 27.9 Å². The molecule has 0 aliphatic carbocycles. The van der Waals surface area contributed by atoms with Crippen molar-refractivity contribution < 1.29 is 13.5 Å². The summed E-state index contributed by atoms with van der Waals surface area (Å²) in [5.74, 6) is 0. The maximum absolute atomic E-state index is 13.8. The van der Waals surface area contributed by atoms with Crippen molar-refractivity contribution in [2.75, 3.05) is 13.7 Å². The van der Waals surface area contributed by atoms with Crippen LogP contribution in [0.1, 0.15) is 23.1 Å². The van der Waals surface area contributed by atoms with Gasteiger partial charge in [-0.05, 0) is 49.3 Å². The van der Waals surface area contributed by atoms with Crippen molar-refractivity contribution in [3.05, 3.63) is 56.1 Å². The largest absolute Gasteiger partial charge is 0.383 e. The Balaban J connectivity index is 2.38. The molecule has 0 saturated carbocycles. The van der Waals surface area contributed by atoms with Gasteiger partial charge in [-0.1, -0.05) is 12.1 Å². The quantitative estimate of drug-likeness (QED) is 0.658. The minimum Gasteiger partial charge on any atom is -0.383 e. The zero-order chi connectivity index (χ0) is 19.7. The number of fused-ring (bicyclic) bond motifs is 1. The summed E-state index contributed by atoms with van der Waals surface area (Å²) in [6.45, 7) is 4.50. The van der Waals surface area contributed by atoms with Gasteiger partial charge < -0.3 is 9.30 Å². The van der Waals surface area contributed by atoms with Crippen molar-refractivity contribution in [1.82, 2.24) is 14.5 Å². The van der Waals surface area contributed by atoms with E-state index in [0.717, 1.165) is 11.1 Å². The molecular weight excluding hydrogens is 372 g/mol. The lowest BCUT2D eigenvalue weighted by atomic mass is 10.0. The second kappa shape index (κ2) is 7.66. The molecule has 0 aliphatic heterocycles. The second-order valence-electron chi connectivity index (χ2n) is 6.30. The first kappa shape index (κ1) is 19.3. The highest BCUT2D eigenvalue weighted by atomic mass is 32.1. The van der Waals surface area contributed by atoms with Crippen molar-refractivity contribution in [2.45, 2.75) is 26.8 Å². The predicted molar refractivity (Wildman–Crippen MR) is 103 cm³/mol. The number of aromatic amines is 1. The smallest absolute Gasteiger partial charge is 0.264 e. The first-order chi connectivity index (χ1) is 12.8. The van der Waals surface area contributed by atoms with Gasteiger partial charge in [0.1, 0.15) is 5.65 Å². The number of halogens is 2. The van der Waals surface area contributed by atoms with E-state index in [9.17, 15) is 13.6 Å². The molecule has 27 heavy (non-hydrogen) atoms. The van der Waals surface area contributed by atoms with E-state index >= 15 is 0 Å². The third kappa shape index (κ3) is 3.68. The molecule has 0 fully saturated rings. The SMILES string of the molecule is COCCn1c(=S)[nH]c(=O)c2c(C(F)F)cc(-c3ccc(C)c(C)c3)nc21. The summed E-state index contributed by atoms with van der Waals surface area (Å²) in [6.07, 6.45) is -2.83. The topological polar surface area (TPSA) is 59.9 Å². The van der Waals surface area contributed by atoms with Crippen LogP contribution in [0.2, 0.25) is 0 Å². The molecule has 8 heteroatoms. The van der Waals surface area contributed by atoms with Gasteiger partial charge in [0.05, 0.1) is 24.2 Å². The number of benzene rings is 1. The average molecular weight is 391 g/mol. The van der Waals surface area contributed by atoms with Crippen molar-refractivity contribution in [2.24, 2.45) is 0 Å². The molecule has 1 N–H and O–H groups in total. The van der Waals surface area contributed by atoms with Gasteiger partial charge in [0.15, 0.2) is 4.77 Å². The van der Waals surface area contributed by atoms with Gasteiger partial charge in [0, 0.05) is 18.2 Å². The van der Waals surface area contributed by atoms with Crippen molar-refractivity contribution in [1.29, 1.82) is 0 Å². The number of nitrogens with one attached hydrogen (secondary N) is 1. The normalized spacial score (nSPS) is 11.5. The molecule has 2 aromatic heterocycles. The minimum atomic E-state index is -2.83. The van der Waals surface area contributed by atoms with Crippen LogP contribution in [-0.2, 0) is 11.3 Å². The number of ether oxygens (including phenoxy) is 1. The molecule has 2 heterocycles. The molecule has 0 bridgehead atoms. The van der Waals surface area contributed by atoms with E-state index in [2.05, 4.69) is 9.97 Å². The predicted octanol–water partition coefficient (Wildman–Crippen LogP) is 4.32. The molecule has 1 aromatic carbocycles. The molecule has 0 unspecified atom stereocenters. The highest BCUT2D eigenvalue weighted by Gasteiger charge is 2.20. The van der Waals surface area contributed by atoms with Crippen LogP contribution in [0.4, 0.5) is 8.78 Å². The Morgan fingerprint density at radius 1 is 1.26 bits per heavy atom. The zero-order valence-electron chi connectivity index (χ0n) is 15.2. The summed E-state index contributed by atoms with van der Waals surface area (Å²) >= 11 is 5.21. The number of hydrogen-bond acceptors (Lipinski definition) is 4. The highest BCUT2D eigenvalue weighted by Crippen LogP contribution is 2.30. The molecule has 3 rings (SSSR count). The fourth-order valence-corrected chi connectivity index (χ4v) is 3.18. The van der Waals surface area contributed by atoms with Crippen LogP contribution in [-0.4, -0.2) is 28.3 Å². The number of aryl methyl sites for hydroxylation is 2. The van der Waals surface area contributed by atoms with E-state index in [0.29, 0.717) is 17.9 Å². The fraction of sp³-hybridized carbons (Fsp3) is 0.316. The first-order valence-corrected chi connectivity index (χ1v) is 8.76. The Labute approximate surface area is 159 Å². The molecule has 0 saturated heterocycles. The van der Waals surface area contributed by atoms with Crippen LogP contribution in [0.15, 0.2) is 29.1 Å². The Bertz CT molecular complexity index is 1120. The van der Waals surface area contributed by atoms with Gasteiger partial charge in [-0.2, -0.15) is 0 Å². The summed E-state index contributed by atoms with van der Waals surface area (Å²) in [5.41, 5.74) is 2.28. The Kier molecular flexibility index (Phi) is 5.48. The van der Waals surface area contributed by atoms with Crippen molar-refractivity contribution in [3.8, 4) is 11.3 Å². The summed E-state index contributed by atoms with van der Waals surface area (Å²) in [5, 5.41) is -0.151. The Morgan fingerprint density at radius 3 is 2.63 bits per heavy atom. The molecule has 142 valence electrons. The van der Waals surface area contributed by atoms with Gasteiger partial charge in [-0.25, -0.2) is 13.8 Å². The summed E-state index contributed by atoms with van der Waals surface area (Å²) in [4.78, 5) is 19.3. The fourth-order valence-electron chi connectivity index (χ4n) is 2.91. The van der Waals surface area contributed by atoms with Crippen LogP contribution in [0.5, 0.6) is 0 Å². The lowest BCUT2D eigenvalue weighted by Crippen LogP contribution is -2.19. The number of H-pyrrole nitrogens is 1. The van der Waals surface area contributed by atoms with E-state index in [4.69, 9.17) is 17.0 Å². The van der Waals surface area contributed by atoms with Crippen LogP contribution < -0.4 is 5.56 Å². The molecule has 0 radical (unpaired) electrons. The third-order valence-corrected chi connectivity index (χ3v) is 4.86. The molecule has 0 aliphatic rings. The van der Waals surface area contributed by atoms with Gasteiger partial charge in [-0.3, -0.25) is 9.78 Å². The number of nitrogens with zero attached hydrogens (tertiary/aromatic N) is 2.